The van der Waals surface area contributed by atoms with Crippen molar-refractivity contribution in [2.75, 3.05) is 0 Å². The Bertz CT molecular complexity index is 808. The maximum Gasteiger partial charge on any atom is 0.329 e. The molecule has 0 radical (unpaired) electrons. The van der Waals surface area contributed by atoms with E-state index in [1.807, 2.05) is 38.1 Å². The van der Waals surface area contributed by atoms with Gasteiger partial charge in [0.1, 0.15) is 5.54 Å². The fraction of sp³-hybridized carbons (Fsp3) is 0.421. The molecular formula is C19H22N2O3. The number of carbonyl (C=O) groups excluding carboxylic acids is 1. The van der Waals surface area contributed by atoms with Crippen molar-refractivity contribution >= 4 is 22.8 Å². The molecule has 1 aromatic carbocycles. The van der Waals surface area contributed by atoms with Gasteiger partial charge in [0.25, 0.3) is 0 Å². The summed E-state index contributed by atoms with van der Waals surface area (Å²) in [5.74, 6) is -1.18. The number of para-hydroxylation sites is 1. The van der Waals surface area contributed by atoms with Crippen LogP contribution in [0.3, 0.4) is 0 Å². The number of aliphatic carboxylic acids is 1. The molecule has 2 N–H and O–H groups in total. The molecule has 5 heteroatoms. The average molecular weight is 326 g/mol. The zero-order valence-electron chi connectivity index (χ0n) is 14.1. The maximum atomic E-state index is 12.5. The van der Waals surface area contributed by atoms with Crippen LogP contribution in [0.4, 0.5) is 0 Å². The molecule has 0 aliphatic heterocycles. The molecule has 1 fully saturated rings. The average Bonchev–Trinajstić information content (AvgIpc) is 3.01. The van der Waals surface area contributed by atoms with Gasteiger partial charge in [0.2, 0.25) is 5.91 Å². The lowest BCUT2D eigenvalue weighted by Crippen LogP contribution is -2.53. The summed E-state index contributed by atoms with van der Waals surface area (Å²) in [5.41, 5.74) is 2.55. The molecule has 5 nitrogen and oxygen atoms in total. The second-order valence-corrected chi connectivity index (χ2v) is 6.64. The summed E-state index contributed by atoms with van der Waals surface area (Å²) in [7, 11) is 0. The van der Waals surface area contributed by atoms with Crippen molar-refractivity contribution in [1.29, 1.82) is 0 Å². The fourth-order valence-electron chi connectivity index (χ4n) is 3.67. The minimum absolute atomic E-state index is 0.157. The number of rotatable bonds is 4. The van der Waals surface area contributed by atoms with Crippen LogP contribution in [0.1, 0.15) is 42.5 Å². The van der Waals surface area contributed by atoms with Crippen LogP contribution in [0.25, 0.3) is 10.9 Å². The van der Waals surface area contributed by atoms with Gasteiger partial charge in [-0.05, 0) is 43.9 Å². The summed E-state index contributed by atoms with van der Waals surface area (Å²) in [6.45, 7) is 3.88. The first-order chi connectivity index (χ1) is 11.4. The van der Waals surface area contributed by atoms with E-state index < -0.39 is 11.5 Å². The van der Waals surface area contributed by atoms with Crippen molar-refractivity contribution in [3.05, 3.63) is 41.1 Å². The molecule has 0 spiro atoms. The number of pyridine rings is 1. The van der Waals surface area contributed by atoms with Crippen molar-refractivity contribution in [1.82, 2.24) is 10.3 Å². The van der Waals surface area contributed by atoms with E-state index in [0.29, 0.717) is 12.8 Å². The summed E-state index contributed by atoms with van der Waals surface area (Å²) in [5, 5.41) is 13.3. The molecule has 0 bridgehead atoms. The Labute approximate surface area is 141 Å². The number of carboxylic acid groups (broad SMARTS) is 1. The second-order valence-electron chi connectivity index (χ2n) is 6.64. The first-order valence-corrected chi connectivity index (χ1v) is 8.32. The number of nitrogens with zero attached hydrogens (tertiary/aromatic N) is 1. The van der Waals surface area contributed by atoms with Crippen molar-refractivity contribution in [2.45, 2.75) is 51.5 Å². The molecule has 1 amide bonds. The van der Waals surface area contributed by atoms with Gasteiger partial charge >= 0.3 is 5.97 Å². The SMILES string of the molecule is Cc1nc2ccccc2c(C)c1CC(=O)NC1(C(=O)O)CCCC1. The predicted molar refractivity (Wildman–Crippen MR) is 91.9 cm³/mol. The summed E-state index contributed by atoms with van der Waals surface area (Å²) in [6.07, 6.45) is 2.83. The molecule has 24 heavy (non-hydrogen) atoms. The molecule has 1 heterocycles. The number of hydrogen-bond donors (Lipinski definition) is 2. The van der Waals surface area contributed by atoms with E-state index in [9.17, 15) is 14.7 Å². The monoisotopic (exact) mass is 326 g/mol. The number of aryl methyl sites for hydroxylation is 2. The van der Waals surface area contributed by atoms with Crippen molar-refractivity contribution in [3.8, 4) is 0 Å². The fourth-order valence-corrected chi connectivity index (χ4v) is 3.67. The Morgan fingerprint density at radius 3 is 2.54 bits per heavy atom. The lowest BCUT2D eigenvalue weighted by Gasteiger charge is -2.25. The molecule has 3 rings (SSSR count). The smallest absolute Gasteiger partial charge is 0.329 e. The Morgan fingerprint density at radius 2 is 1.88 bits per heavy atom. The summed E-state index contributed by atoms with van der Waals surface area (Å²) < 4.78 is 0. The third kappa shape index (κ3) is 2.86. The van der Waals surface area contributed by atoms with Crippen LogP contribution >= 0.6 is 0 Å². The van der Waals surface area contributed by atoms with Gasteiger partial charge in [-0.3, -0.25) is 9.78 Å². The molecule has 0 atom stereocenters. The number of fused-ring (bicyclic) bond motifs is 1. The normalized spacial score (nSPS) is 16.2. The van der Waals surface area contributed by atoms with Crippen molar-refractivity contribution in [2.24, 2.45) is 0 Å². The van der Waals surface area contributed by atoms with Gasteiger partial charge in [0.15, 0.2) is 0 Å². The number of carbonyl (C=O) groups is 2. The summed E-state index contributed by atoms with van der Waals surface area (Å²) >= 11 is 0. The quantitative estimate of drug-likeness (QED) is 0.905. The van der Waals surface area contributed by atoms with Gasteiger partial charge in [0.05, 0.1) is 11.9 Å². The van der Waals surface area contributed by atoms with Crippen LogP contribution in [-0.4, -0.2) is 27.5 Å². The highest BCUT2D eigenvalue weighted by atomic mass is 16.4. The molecule has 0 unspecified atom stereocenters. The number of hydrogen-bond acceptors (Lipinski definition) is 3. The summed E-state index contributed by atoms with van der Waals surface area (Å²) in [4.78, 5) is 28.7. The lowest BCUT2D eigenvalue weighted by atomic mass is 9.95. The zero-order chi connectivity index (χ0) is 17.3. The zero-order valence-corrected chi connectivity index (χ0v) is 14.1. The lowest BCUT2D eigenvalue weighted by molar-refractivity contribution is -0.147. The number of aromatic nitrogens is 1. The highest BCUT2D eigenvalue weighted by Crippen LogP contribution is 2.30. The third-order valence-corrected chi connectivity index (χ3v) is 5.07. The molecule has 1 aliphatic carbocycles. The molecule has 0 saturated heterocycles. The Hall–Kier alpha value is -2.43. The van der Waals surface area contributed by atoms with E-state index in [1.54, 1.807) is 0 Å². The minimum atomic E-state index is -1.09. The second kappa shape index (κ2) is 6.23. The topological polar surface area (TPSA) is 79.3 Å². The van der Waals surface area contributed by atoms with E-state index in [1.165, 1.54) is 0 Å². The van der Waals surface area contributed by atoms with Gasteiger partial charge in [-0.1, -0.05) is 31.0 Å². The van der Waals surface area contributed by atoms with E-state index in [0.717, 1.165) is 40.6 Å². The predicted octanol–water partition coefficient (Wildman–Crippen LogP) is 2.91. The number of carboxylic acids is 1. The standard InChI is InChI=1S/C19H22N2O3/c1-12-14-7-3-4-8-16(14)20-13(2)15(12)11-17(22)21-19(18(23)24)9-5-6-10-19/h3-4,7-8H,5-6,9-11H2,1-2H3,(H,21,22)(H,23,24). The van der Waals surface area contributed by atoms with Gasteiger partial charge in [-0.2, -0.15) is 0 Å². The summed E-state index contributed by atoms with van der Waals surface area (Å²) in [6, 6.07) is 7.84. The van der Waals surface area contributed by atoms with Crippen LogP contribution in [0.5, 0.6) is 0 Å². The van der Waals surface area contributed by atoms with Crippen LogP contribution in [0.15, 0.2) is 24.3 Å². The molecule has 2 aromatic rings. The number of amides is 1. The van der Waals surface area contributed by atoms with Crippen LogP contribution in [-0.2, 0) is 16.0 Å². The van der Waals surface area contributed by atoms with Crippen LogP contribution in [0, 0.1) is 13.8 Å². The maximum absolute atomic E-state index is 12.5. The van der Waals surface area contributed by atoms with Gasteiger partial charge in [0, 0.05) is 11.1 Å². The van der Waals surface area contributed by atoms with E-state index in [2.05, 4.69) is 10.3 Å². The van der Waals surface area contributed by atoms with Crippen molar-refractivity contribution in [3.63, 3.8) is 0 Å². The molecule has 1 aliphatic rings. The minimum Gasteiger partial charge on any atom is -0.480 e. The highest BCUT2D eigenvalue weighted by molar-refractivity contribution is 5.90. The Morgan fingerprint density at radius 1 is 1.21 bits per heavy atom. The van der Waals surface area contributed by atoms with Crippen LogP contribution in [0.2, 0.25) is 0 Å². The van der Waals surface area contributed by atoms with Gasteiger partial charge in [-0.15, -0.1) is 0 Å². The van der Waals surface area contributed by atoms with Gasteiger partial charge < -0.3 is 10.4 Å². The van der Waals surface area contributed by atoms with E-state index in [4.69, 9.17) is 0 Å². The van der Waals surface area contributed by atoms with E-state index >= 15 is 0 Å². The Kier molecular flexibility index (Phi) is 4.26. The molecule has 1 aromatic heterocycles. The van der Waals surface area contributed by atoms with E-state index in [-0.39, 0.29) is 12.3 Å². The van der Waals surface area contributed by atoms with Gasteiger partial charge in [-0.25, -0.2) is 4.79 Å². The number of benzene rings is 1. The molecular weight excluding hydrogens is 304 g/mol. The third-order valence-electron chi connectivity index (χ3n) is 5.07. The molecule has 1 saturated carbocycles. The number of nitrogens with one attached hydrogen (secondary N) is 1. The molecule has 126 valence electrons. The Balaban J connectivity index is 1.87. The van der Waals surface area contributed by atoms with Crippen LogP contribution < -0.4 is 5.32 Å². The first kappa shape index (κ1) is 16.4. The van der Waals surface area contributed by atoms with Crippen molar-refractivity contribution < 1.29 is 14.7 Å². The highest BCUT2D eigenvalue weighted by Gasteiger charge is 2.42. The first-order valence-electron chi connectivity index (χ1n) is 8.32. The largest absolute Gasteiger partial charge is 0.480 e.